The van der Waals surface area contributed by atoms with Gasteiger partial charge in [0.2, 0.25) is 17.6 Å². The molecule has 2 amide bonds. The van der Waals surface area contributed by atoms with Crippen LogP contribution in [0, 0.1) is 15.9 Å². The van der Waals surface area contributed by atoms with E-state index in [1.807, 2.05) is 0 Å². The lowest BCUT2D eigenvalue weighted by Crippen LogP contribution is -2.56. The molecule has 0 aromatic heterocycles. The second kappa shape index (κ2) is 14.6. The summed E-state index contributed by atoms with van der Waals surface area (Å²) in [5, 5.41) is 36.5. The average molecular weight is 515 g/mol. The molecule has 1 unspecified atom stereocenters. The van der Waals surface area contributed by atoms with Crippen LogP contribution >= 0.6 is 0 Å². The molecule has 11 heteroatoms. The molecule has 198 valence electrons. The summed E-state index contributed by atoms with van der Waals surface area (Å²) in [6.07, 6.45) is 1.92. The van der Waals surface area contributed by atoms with E-state index >= 15 is 0 Å². The van der Waals surface area contributed by atoms with Crippen LogP contribution < -0.4 is 10.6 Å². The zero-order valence-corrected chi connectivity index (χ0v) is 20.3. The van der Waals surface area contributed by atoms with Crippen LogP contribution in [0.25, 0.3) is 0 Å². The molecule has 0 heterocycles. The molecular formula is C26H31FN4O6. The molecule has 0 saturated heterocycles. The van der Waals surface area contributed by atoms with Gasteiger partial charge in [-0.15, -0.1) is 13.2 Å². The second-order valence-corrected chi connectivity index (χ2v) is 8.21. The third-order valence-corrected chi connectivity index (χ3v) is 5.58. The third kappa shape index (κ3) is 8.60. The van der Waals surface area contributed by atoms with E-state index in [9.17, 15) is 34.3 Å². The Bertz CT molecular complexity index is 1090. The van der Waals surface area contributed by atoms with Crippen molar-refractivity contribution in [3.63, 3.8) is 0 Å². The van der Waals surface area contributed by atoms with Crippen LogP contribution in [-0.4, -0.2) is 70.2 Å². The van der Waals surface area contributed by atoms with Gasteiger partial charge in [0.1, 0.15) is 12.1 Å². The molecule has 0 bridgehead atoms. The van der Waals surface area contributed by atoms with Gasteiger partial charge in [0.25, 0.3) is 0 Å². The van der Waals surface area contributed by atoms with E-state index in [1.54, 1.807) is 47.4 Å². The summed E-state index contributed by atoms with van der Waals surface area (Å²) in [5.74, 6) is -2.25. The van der Waals surface area contributed by atoms with E-state index in [0.717, 1.165) is 17.7 Å². The van der Waals surface area contributed by atoms with Crippen LogP contribution in [0.15, 0.2) is 73.8 Å². The zero-order valence-electron chi connectivity index (χ0n) is 20.3. The van der Waals surface area contributed by atoms with Gasteiger partial charge >= 0.3 is 5.69 Å². The molecule has 10 nitrogen and oxygen atoms in total. The van der Waals surface area contributed by atoms with Gasteiger partial charge in [-0.05, 0) is 17.2 Å². The SMILES string of the molecule is C=CCN(CC=C)[C@@H](CO)C(=O)N[C@@H](Cc1ccccc1)C(=O)NCC(O)c1ccc(F)c([N+](=O)[O-])c1. The molecule has 2 rings (SSSR count). The molecule has 0 fully saturated rings. The number of halogens is 1. The molecule has 4 N–H and O–H groups in total. The fourth-order valence-corrected chi connectivity index (χ4v) is 3.67. The van der Waals surface area contributed by atoms with Gasteiger partial charge in [0.15, 0.2) is 0 Å². The minimum Gasteiger partial charge on any atom is -0.394 e. The number of nitro benzene ring substituents is 1. The standard InChI is InChI=1S/C26H31FN4O6/c1-3-12-30(13-4-2)23(17-32)26(35)29-21(14-18-8-6-5-7-9-18)25(34)28-16-24(33)19-10-11-20(27)22(15-19)31(36)37/h3-11,15,21,23-24,32-33H,1-2,12-14,16-17H2,(H,28,34)(H,29,35)/t21-,23-,24?/m0/s1. The monoisotopic (exact) mass is 514 g/mol. The van der Waals surface area contributed by atoms with Gasteiger partial charge in [-0.3, -0.25) is 24.6 Å². The van der Waals surface area contributed by atoms with Crippen molar-refractivity contribution in [3.05, 3.63) is 101 Å². The van der Waals surface area contributed by atoms with Gasteiger partial charge in [0, 0.05) is 32.1 Å². The Morgan fingerprint density at radius 1 is 1.11 bits per heavy atom. The second-order valence-electron chi connectivity index (χ2n) is 8.21. The number of nitrogens with zero attached hydrogens (tertiary/aromatic N) is 2. The summed E-state index contributed by atoms with van der Waals surface area (Å²) in [4.78, 5) is 37.8. The topological polar surface area (TPSA) is 145 Å². The van der Waals surface area contributed by atoms with Crippen molar-refractivity contribution >= 4 is 17.5 Å². The quantitative estimate of drug-likeness (QED) is 0.161. The lowest BCUT2D eigenvalue weighted by atomic mass is 10.0. The number of aliphatic hydroxyl groups excluding tert-OH is 2. The number of carbonyl (C=O) groups is 2. The average Bonchev–Trinajstić information content (AvgIpc) is 2.88. The fourth-order valence-electron chi connectivity index (χ4n) is 3.67. The van der Waals surface area contributed by atoms with Crippen molar-refractivity contribution in [3.8, 4) is 0 Å². The minimum atomic E-state index is -1.36. The summed E-state index contributed by atoms with van der Waals surface area (Å²) in [5.41, 5.74) is 0.00451. The van der Waals surface area contributed by atoms with E-state index in [4.69, 9.17) is 0 Å². The molecular weight excluding hydrogens is 483 g/mol. The van der Waals surface area contributed by atoms with Gasteiger partial charge in [-0.2, -0.15) is 4.39 Å². The van der Waals surface area contributed by atoms with Crippen LogP contribution in [0.2, 0.25) is 0 Å². The van der Waals surface area contributed by atoms with E-state index in [2.05, 4.69) is 23.8 Å². The first kappa shape index (κ1) is 29.3. The number of aliphatic hydroxyl groups is 2. The summed E-state index contributed by atoms with van der Waals surface area (Å²) in [6.45, 7) is 7.07. The van der Waals surface area contributed by atoms with E-state index in [0.29, 0.717) is 13.1 Å². The summed E-state index contributed by atoms with van der Waals surface area (Å²) in [7, 11) is 0. The highest BCUT2D eigenvalue weighted by molar-refractivity contribution is 5.90. The van der Waals surface area contributed by atoms with Crippen molar-refractivity contribution in [2.45, 2.75) is 24.6 Å². The molecule has 0 spiro atoms. The van der Waals surface area contributed by atoms with E-state index < -0.39 is 53.0 Å². The number of hydrogen-bond donors (Lipinski definition) is 4. The molecule has 0 radical (unpaired) electrons. The van der Waals surface area contributed by atoms with Crippen LogP contribution in [0.3, 0.4) is 0 Å². The zero-order chi connectivity index (χ0) is 27.4. The molecule has 2 aromatic carbocycles. The first-order chi connectivity index (χ1) is 17.7. The Kier molecular flexibility index (Phi) is 11.6. The van der Waals surface area contributed by atoms with E-state index in [1.165, 1.54) is 6.07 Å². The smallest absolute Gasteiger partial charge is 0.305 e. The first-order valence-corrected chi connectivity index (χ1v) is 11.5. The number of amides is 2. The van der Waals surface area contributed by atoms with Crippen molar-refractivity contribution in [2.75, 3.05) is 26.2 Å². The Hall–Kier alpha value is -3.93. The first-order valence-electron chi connectivity index (χ1n) is 11.5. The Morgan fingerprint density at radius 2 is 1.76 bits per heavy atom. The number of nitrogens with one attached hydrogen (secondary N) is 2. The third-order valence-electron chi connectivity index (χ3n) is 5.58. The molecule has 3 atom stereocenters. The maximum atomic E-state index is 13.6. The molecule has 0 aliphatic carbocycles. The summed E-state index contributed by atoms with van der Waals surface area (Å²) >= 11 is 0. The lowest BCUT2D eigenvalue weighted by molar-refractivity contribution is -0.387. The maximum Gasteiger partial charge on any atom is 0.305 e. The summed E-state index contributed by atoms with van der Waals surface area (Å²) in [6, 6.07) is 9.85. The largest absolute Gasteiger partial charge is 0.394 e. The number of hydrogen-bond acceptors (Lipinski definition) is 7. The number of carbonyl (C=O) groups excluding carboxylic acids is 2. The Morgan fingerprint density at radius 3 is 2.32 bits per heavy atom. The Balaban J connectivity index is 2.18. The molecule has 37 heavy (non-hydrogen) atoms. The fraction of sp³-hybridized carbons (Fsp3) is 0.308. The van der Waals surface area contributed by atoms with Crippen LogP contribution in [0.1, 0.15) is 17.2 Å². The number of rotatable bonds is 15. The van der Waals surface area contributed by atoms with Gasteiger partial charge in [0.05, 0.1) is 17.6 Å². The highest BCUT2D eigenvalue weighted by Gasteiger charge is 2.29. The van der Waals surface area contributed by atoms with Crippen LogP contribution in [-0.2, 0) is 16.0 Å². The van der Waals surface area contributed by atoms with E-state index in [-0.39, 0.29) is 18.5 Å². The van der Waals surface area contributed by atoms with Crippen molar-refractivity contribution in [1.82, 2.24) is 15.5 Å². The lowest BCUT2D eigenvalue weighted by Gasteiger charge is -2.29. The normalized spacial score (nSPS) is 13.3. The van der Waals surface area contributed by atoms with Crippen molar-refractivity contribution in [1.29, 1.82) is 0 Å². The molecule has 2 aromatic rings. The highest BCUT2D eigenvalue weighted by atomic mass is 19.1. The molecule has 0 aliphatic heterocycles. The number of nitro groups is 1. The van der Waals surface area contributed by atoms with Gasteiger partial charge < -0.3 is 20.8 Å². The van der Waals surface area contributed by atoms with Crippen molar-refractivity contribution in [2.24, 2.45) is 0 Å². The molecule has 0 saturated carbocycles. The van der Waals surface area contributed by atoms with Gasteiger partial charge in [-0.1, -0.05) is 48.6 Å². The highest BCUT2D eigenvalue weighted by Crippen LogP contribution is 2.22. The number of benzene rings is 2. The summed E-state index contributed by atoms with van der Waals surface area (Å²) < 4.78 is 13.6. The van der Waals surface area contributed by atoms with Gasteiger partial charge in [-0.25, -0.2) is 0 Å². The minimum absolute atomic E-state index is 0.0434. The van der Waals surface area contributed by atoms with Crippen molar-refractivity contribution < 1.29 is 29.1 Å². The maximum absolute atomic E-state index is 13.6. The predicted molar refractivity (Wildman–Crippen MR) is 136 cm³/mol. The van der Waals surface area contributed by atoms with Crippen LogP contribution in [0.4, 0.5) is 10.1 Å². The van der Waals surface area contributed by atoms with Crippen LogP contribution in [0.5, 0.6) is 0 Å². The predicted octanol–water partition coefficient (Wildman–Crippen LogP) is 1.65. The molecule has 0 aliphatic rings. The Labute approximate surface area is 214 Å².